The summed E-state index contributed by atoms with van der Waals surface area (Å²) >= 11 is 2.29. The van der Waals surface area contributed by atoms with Gasteiger partial charge in [0.25, 0.3) is 0 Å². The van der Waals surface area contributed by atoms with Crippen LogP contribution in [0.15, 0.2) is 66.7 Å². The Hall–Kier alpha value is -2.50. The monoisotopic (exact) mass is 605 g/mol. The summed E-state index contributed by atoms with van der Waals surface area (Å²) in [5.74, 6) is 0.586. The Morgan fingerprint density at radius 1 is 1.03 bits per heavy atom. The number of benzene rings is 3. The summed E-state index contributed by atoms with van der Waals surface area (Å²) < 4.78 is 17.8. The zero-order chi connectivity index (χ0) is 25.8. The molecular formula is C28H32INO6. The van der Waals surface area contributed by atoms with Gasteiger partial charge in [-0.3, -0.25) is 4.79 Å². The molecule has 0 bridgehead atoms. The molecule has 0 unspecified atom stereocenters. The van der Waals surface area contributed by atoms with Crippen molar-refractivity contribution in [2.45, 2.75) is 32.7 Å². The van der Waals surface area contributed by atoms with Gasteiger partial charge in [0.05, 0.1) is 25.9 Å². The van der Waals surface area contributed by atoms with Crippen LogP contribution in [0.2, 0.25) is 0 Å². The van der Waals surface area contributed by atoms with Gasteiger partial charge in [-0.25, -0.2) is 0 Å². The van der Waals surface area contributed by atoms with Crippen molar-refractivity contribution in [1.29, 1.82) is 0 Å². The van der Waals surface area contributed by atoms with Gasteiger partial charge in [0.2, 0.25) is 0 Å². The van der Waals surface area contributed by atoms with E-state index in [1.807, 2.05) is 36.4 Å². The van der Waals surface area contributed by atoms with Gasteiger partial charge in [0, 0.05) is 22.6 Å². The van der Waals surface area contributed by atoms with E-state index in [4.69, 9.17) is 14.2 Å². The maximum atomic E-state index is 11.3. The van der Waals surface area contributed by atoms with Crippen molar-refractivity contribution in [1.82, 2.24) is 5.32 Å². The normalized spacial score (nSPS) is 11.8. The smallest absolute Gasteiger partial charge is 0.308 e. The van der Waals surface area contributed by atoms with E-state index in [0.717, 1.165) is 23.3 Å². The number of hydrogen-bond donors (Lipinski definition) is 3. The molecule has 0 aromatic heterocycles. The number of aliphatic hydroxyl groups excluding tert-OH is 2. The summed E-state index contributed by atoms with van der Waals surface area (Å²) in [5, 5.41) is 23.5. The predicted molar refractivity (Wildman–Crippen MR) is 146 cm³/mol. The van der Waals surface area contributed by atoms with Crippen molar-refractivity contribution in [2.75, 3.05) is 26.3 Å². The lowest BCUT2D eigenvalue weighted by Crippen LogP contribution is -2.24. The lowest BCUT2D eigenvalue weighted by molar-refractivity contribution is -0.131. The van der Waals surface area contributed by atoms with Crippen LogP contribution in [-0.2, 0) is 29.2 Å². The fourth-order valence-electron chi connectivity index (χ4n) is 3.68. The van der Waals surface area contributed by atoms with E-state index in [-0.39, 0.29) is 12.4 Å². The SMILES string of the molecule is CC(=O)Oc1cccc([C@@H](O)CNCCc2ccc(OCCOCc3cccc(I)c3)cc2)c1CO. The number of hydrogen-bond acceptors (Lipinski definition) is 7. The highest BCUT2D eigenvalue weighted by molar-refractivity contribution is 14.1. The average Bonchev–Trinajstić information content (AvgIpc) is 2.86. The minimum atomic E-state index is -0.842. The average molecular weight is 605 g/mol. The van der Waals surface area contributed by atoms with E-state index in [0.29, 0.717) is 44.0 Å². The highest BCUT2D eigenvalue weighted by Gasteiger charge is 2.16. The molecule has 8 heteroatoms. The number of halogens is 1. The van der Waals surface area contributed by atoms with E-state index in [2.05, 4.69) is 40.0 Å². The van der Waals surface area contributed by atoms with Crippen molar-refractivity contribution in [2.24, 2.45) is 0 Å². The van der Waals surface area contributed by atoms with Crippen LogP contribution in [0.4, 0.5) is 0 Å². The van der Waals surface area contributed by atoms with Crippen molar-refractivity contribution in [3.05, 3.63) is 92.6 Å². The molecule has 0 heterocycles. The number of rotatable bonds is 14. The molecule has 1 atom stereocenters. The first-order chi connectivity index (χ1) is 17.5. The number of carbonyl (C=O) groups is 1. The van der Waals surface area contributed by atoms with Gasteiger partial charge >= 0.3 is 5.97 Å². The molecule has 0 spiro atoms. The summed E-state index contributed by atoms with van der Waals surface area (Å²) in [5.41, 5.74) is 3.24. The molecule has 0 amide bonds. The standard InChI is InChI=1S/C28H32INO6/c1-20(32)36-28-7-3-6-25(26(28)18-31)27(33)17-30-13-12-21-8-10-24(11-9-21)35-15-14-34-19-22-4-2-5-23(29)16-22/h2-11,16,27,30-31,33H,12-15,17-19H2,1H3/t27-/m0/s1. The summed E-state index contributed by atoms with van der Waals surface area (Å²) in [6.45, 7) is 3.51. The first-order valence-corrected chi connectivity index (χ1v) is 12.9. The molecule has 0 aliphatic carbocycles. The first-order valence-electron chi connectivity index (χ1n) is 11.8. The summed E-state index contributed by atoms with van der Waals surface area (Å²) in [7, 11) is 0. The second-order valence-corrected chi connectivity index (χ2v) is 9.47. The summed E-state index contributed by atoms with van der Waals surface area (Å²) in [6.07, 6.45) is -0.0575. The molecule has 0 fully saturated rings. The predicted octanol–water partition coefficient (Wildman–Crippen LogP) is 4.17. The molecular weight excluding hydrogens is 573 g/mol. The van der Waals surface area contributed by atoms with E-state index in [1.54, 1.807) is 18.2 Å². The number of ether oxygens (including phenoxy) is 3. The molecule has 0 aliphatic heterocycles. The Bertz CT molecular complexity index is 1110. The van der Waals surface area contributed by atoms with Gasteiger partial charge in [-0.1, -0.05) is 36.4 Å². The molecule has 0 aliphatic rings. The fraction of sp³-hybridized carbons (Fsp3) is 0.321. The molecule has 3 aromatic rings. The van der Waals surface area contributed by atoms with Crippen molar-refractivity contribution in [3.8, 4) is 11.5 Å². The third-order valence-electron chi connectivity index (χ3n) is 5.45. The van der Waals surface area contributed by atoms with Crippen molar-refractivity contribution in [3.63, 3.8) is 0 Å². The Labute approximate surface area is 225 Å². The van der Waals surface area contributed by atoms with Crippen molar-refractivity contribution >= 4 is 28.6 Å². The molecule has 0 saturated heterocycles. The van der Waals surface area contributed by atoms with Crippen LogP contribution in [0, 0.1) is 3.57 Å². The van der Waals surface area contributed by atoms with Crippen LogP contribution in [0.1, 0.15) is 35.3 Å². The molecule has 192 valence electrons. The van der Waals surface area contributed by atoms with Gasteiger partial charge in [0.1, 0.15) is 18.1 Å². The van der Waals surface area contributed by atoms with Crippen LogP contribution in [0.25, 0.3) is 0 Å². The Morgan fingerprint density at radius 2 is 1.81 bits per heavy atom. The van der Waals surface area contributed by atoms with Gasteiger partial charge in [-0.2, -0.15) is 0 Å². The number of carbonyl (C=O) groups excluding carboxylic acids is 1. The third-order valence-corrected chi connectivity index (χ3v) is 6.12. The Morgan fingerprint density at radius 3 is 2.53 bits per heavy atom. The maximum Gasteiger partial charge on any atom is 0.308 e. The van der Waals surface area contributed by atoms with Gasteiger partial charge in [-0.15, -0.1) is 0 Å². The van der Waals surface area contributed by atoms with E-state index in [9.17, 15) is 15.0 Å². The van der Waals surface area contributed by atoms with Crippen LogP contribution in [-0.4, -0.2) is 42.5 Å². The van der Waals surface area contributed by atoms with E-state index < -0.39 is 12.1 Å². The molecule has 3 N–H and O–H groups in total. The third kappa shape index (κ3) is 9.18. The lowest BCUT2D eigenvalue weighted by Gasteiger charge is -2.17. The number of esters is 1. The second kappa shape index (κ2) is 14.9. The van der Waals surface area contributed by atoms with Crippen LogP contribution in [0.3, 0.4) is 0 Å². The lowest BCUT2D eigenvalue weighted by atomic mass is 10.0. The molecule has 36 heavy (non-hydrogen) atoms. The van der Waals surface area contributed by atoms with Gasteiger partial charge < -0.3 is 29.7 Å². The molecule has 3 aromatic carbocycles. The maximum absolute atomic E-state index is 11.3. The molecule has 7 nitrogen and oxygen atoms in total. The van der Waals surface area contributed by atoms with Crippen LogP contribution < -0.4 is 14.8 Å². The zero-order valence-corrected chi connectivity index (χ0v) is 22.4. The Balaban J connectivity index is 1.35. The molecule has 0 saturated carbocycles. The quantitative estimate of drug-likeness (QED) is 0.110. The minimum absolute atomic E-state index is 0.265. The minimum Gasteiger partial charge on any atom is -0.491 e. The fourth-order valence-corrected chi connectivity index (χ4v) is 4.29. The molecule has 3 rings (SSSR count). The van der Waals surface area contributed by atoms with Crippen LogP contribution >= 0.6 is 22.6 Å². The molecule has 0 radical (unpaired) electrons. The zero-order valence-electron chi connectivity index (χ0n) is 20.3. The number of aliphatic hydroxyl groups is 2. The highest BCUT2D eigenvalue weighted by atomic mass is 127. The van der Waals surface area contributed by atoms with Gasteiger partial charge in [-0.05, 0) is 82.6 Å². The highest BCUT2D eigenvalue weighted by Crippen LogP contribution is 2.27. The van der Waals surface area contributed by atoms with Gasteiger partial charge in [0.15, 0.2) is 0 Å². The first kappa shape index (κ1) is 28.1. The van der Waals surface area contributed by atoms with Crippen LogP contribution in [0.5, 0.6) is 11.5 Å². The number of nitrogens with one attached hydrogen (secondary N) is 1. The topological polar surface area (TPSA) is 97.3 Å². The largest absolute Gasteiger partial charge is 0.491 e. The van der Waals surface area contributed by atoms with E-state index in [1.165, 1.54) is 10.5 Å². The summed E-state index contributed by atoms with van der Waals surface area (Å²) in [6, 6.07) is 21.2. The Kier molecular flexibility index (Phi) is 11.6. The summed E-state index contributed by atoms with van der Waals surface area (Å²) in [4.78, 5) is 11.3. The van der Waals surface area contributed by atoms with Crippen molar-refractivity contribution < 1.29 is 29.2 Å². The van der Waals surface area contributed by atoms with E-state index >= 15 is 0 Å². The second-order valence-electron chi connectivity index (χ2n) is 8.22.